The summed E-state index contributed by atoms with van der Waals surface area (Å²) in [7, 11) is 0. The largest absolute Gasteiger partial charge is 0.480 e. The molecule has 1 heterocycles. The van der Waals surface area contributed by atoms with Gasteiger partial charge >= 0.3 is 5.97 Å². The Labute approximate surface area is 124 Å². The van der Waals surface area contributed by atoms with Crippen molar-refractivity contribution in [3.8, 4) is 0 Å². The molecule has 0 aromatic carbocycles. The van der Waals surface area contributed by atoms with Gasteiger partial charge in [-0.25, -0.2) is 9.78 Å². The van der Waals surface area contributed by atoms with Crippen LogP contribution in [0, 0.1) is 0 Å². The minimum atomic E-state index is -1.05. The van der Waals surface area contributed by atoms with Crippen molar-refractivity contribution in [3.05, 3.63) is 27.5 Å². The molecule has 1 atom stereocenters. The highest BCUT2D eigenvalue weighted by atomic mass is 79.9. The summed E-state index contributed by atoms with van der Waals surface area (Å²) >= 11 is 9.00. The number of amides is 1. The Morgan fingerprint density at radius 2 is 2.26 bits per heavy atom. The van der Waals surface area contributed by atoms with E-state index in [2.05, 4.69) is 26.2 Å². The summed E-state index contributed by atoms with van der Waals surface area (Å²) < 4.78 is 0.600. The van der Waals surface area contributed by atoms with Gasteiger partial charge in [0.15, 0.2) is 0 Å². The lowest BCUT2D eigenvalue weighted by Gasteiger charge is -2.14. The summed E-state index contributed by atoms with van der Waals surface area (Å²) in [5.74, 6) is -1.59. The topological polar surface area (TPSA) is 79.3 Å². The molecular formula is C12H14BrClN2O3. The number of pyridine rings is 1. The zero-order valence-electron chi connectivity index (χ0n) is 10.3. The lowest BCUT2D eigenvalue weighted by Crippen LogP contribution is -2.40. The highest BCUT2D eigenvalue weighted by Crippen LogP contribution is 2.18. The molecule has 5 nitrogen and oxygen atoms in total. The molecule has 0 saturated carbocycles. The Hall–Kier alpha value is -1.14. The number of aromatic nitrogens is 1. The van der Waals surface area contributed by atoms with E-state index in [0.29, 0.717) is 10.9 Å². The molecule has 1 rings (SSSR count). The fourth-order valence-corrected chi connectivity index (χ4v) is 2.00. The van der Waals surface area contributed by atoms with Crippen LogP contribution in [-0.4, -0.2) is 28.0 Å². The van der Waals surface area contributed by atoms with Crippen molar-refractivity contribution >= 4 is 39.4 Å². The maximum Gasteiger partial charge on any atom is 0.326 e. The van der Waals surface area contributed by atoms with Gasteiger partial charge in [-0.05, 0) is 28.4 Å². The van der Waals surface area contributed by atoms with Crippen molar-refractivity contribution in [1.29, 1.82) is 0 Å². The summed E-state index contributed by atoms with van der Waals surface area (Å²) in [6.45, 7) is 1.95. The van der Waals surface area contributed by atoms with Crippen LogP contribution in [0.2, 0.25) is 5.15 Å². The molecule has 0 spiro atoms. The number of carbonyl (C=O) groups is 2. The van der Waals surface area contributed by atoms with E-state index in [0.717, 1.165) is 12.8 Å². The second kappa shape index (κ2) is 7.45. The number of carboxylic acids is 1. The second-order valence-electron chi connectivity index (χ2n) is 4.00. The Morgan fingerprint density at radius 3 is 2.84 bits per heavy atom. The van der Waals surface area contributed by atoms with Gasteiger partial charge in [0, 0.05) is 10.7 Å². The number of hydrogen-bond acceptors (Lipinski definition) is 3. The van der Waals surface area contributed by atoms with E-state index in [9.17, 15) is 9.59 Å². The first-order valence-corrected chi connectivity index (χ1v) is 6.97. The molecule has 0 unspecified atom stereocenters. The van der Waals surface area contributed by atoms with Crippen molar-refractivity contribution in [2.24, 2.45) is 0 Å². The van der Waals surface area contributed by atoms with Crippen molar-refractivity contribution < 1.29 is 14.7 Å². The van der Waals surface area contributed by atoms with Crippen LogP contribution in [0.4, 0.5) is 0 Å². The first-order valence-electron chi connectivity index (χ1n) is 5.80. The van der Waals surface area contributed by atoms with Gasteiger partial charge in [-0.15, -0.1) is 0 Å². The van der Waals surface area contributed by atoms with Crippen LogP contribution in [0.5, 0.6) is 0 Å². The lowest BCUT2D eigenvalue weighted by molar-refractivity contribution is -0.139. The fourth-order valence-electron chi connectivity index (χ4n) is 1.48. The molecule has 0 aliphatic carbocycles. The van der Waals surface area contributed by atoms with Crippen LogP contribution in [0.15, 0.2) is 16.7 Å². The number of carbonyl (C=O) groups excluding carboxylic acids is 1. The monoisotopic (exact) mass is 348 g/mol. The van der Waals surface area contributed by atoms with E-state index in [4.69, 9.17) is 16.7 Å². The third kappa shape index (κ3) is 4.80. The van der Waals surface area contributed by atoms with E-state index >= 15 is 0 Å². The Bertz CT molecular complexity index is 482. The van der Waals surface area contributed by atoms with Gasteiger partial charge in [0.05, 0.1) is 5.56 Å². The zero-order chi connectivity index (χ0) is 14.4. The minimum absolute atomic E-state index is 0.0420. The SMILES string of the molecule is CCCC[C@H](NC(=O)c1cc(Br)cnc1Cl)C(=O)O. The molecule has 0 saturated heterocycles. The zero-order valence-corrected chi connectivity index (χ0v) is 12.7. The Morgan fingerprint density at radius 1 is 1.58 bits per heavy atom. The van der Waals surface area contributed by atoms with Crippen LogP contribution in [0.1, 0.15) is 36.5 Å². The van der Waals surface area contributed by atoms with Crippen molar-refractivity contribution in [2.45, 2.75) is 32.2 Å². The molecule has 7 heteroatoms. The second-order valence-corrected chi connectivity index (χ2v) is 5.27. The summed E-state index contributed by atoms with van der Waals surface area (Å²) in [5, 5.41) is 11.5. The molecule has 104 valence electrons. The first kappa shape index (κ1) is 15.9. The van der Waals surface area contributed by atoms with Gasteiger partial charge in [0.25, 0.3) is 5.91 Å². The number of nitrogens with zero attached hydrogens (tertiary/aromatic N) is 1. The van der Waals surface area contributed by atoms with Crippen LogP contribution >= 0.6 is 27.5 Å². The fraction of sp³-hybridized carbons (Fsp3) is 0.417. The smallest absolute Gasteiger partial charge is 0.326 e. The molecule has 1 aromatic heterocycles. The minimum Gasteiger partial charge on any atom is -0.480 e. The van der Waals surface area contributed by atoms with Crippen molar-refractivity contribution in [1.82, 2.24) is 10.3 Å². The summed E-state index contributed by atoms with van der Waals surface area (Å²) in [5.41, 5.74) is 0.152. The molecule has 19 heavy (non-hydrogen) atoms. The average Bonchev–Trinajstić information content (AvgIpc) is 2.36. The van der Waals surface area contributed by atoms with E-state index in [1.807, 2.05) is 6.92 Å². The van der Waals surface area contributed by atoms with Gasteiger partial charge in [-0.2, -0.15) is 0 Å². The van der Waals surface area contributed by atoms with Gasteiger partial charge in [-0.3, -0.25) is 4.79 Å². The Kier molecular flexibility index (Phi) is 6.24. The molecule has 0 aliphatic heterocycles. The first-order chi connectivity index (χ1) is 8.95. The number of halogens is 2. The average molecular weight is 350 g/mol. The molecular weight excluding hydrogens is 336 g/mol. The highest BCUT2D eigenvalue weighted by molar-refractivity contribution is 9.10. The van der Waals surface area contributed by atoms with E-state index in [1.165, 1.54) is 12.3 Å². The van der Waals surface area contributed by atoms with Gasteiger partial charge in [-0.1, -0.05) is 31.4 Å². The van der Waals surface area contributed by atoms with E-state index in [-0.39, 0.29) is 10.7 Å². The maximum absolute atomic E-state index is 12.0. The van der Waals surface area contributed by atoms with E-state index in [1.54, 1.807) is 0 Å². The molecule has 1 amide bonds. The van der Waals surface area contributed by atoms with Crippen molar-refractivity contribution in [3.63, 3.8) is 0 Å². The number of aliphatic carboxylic acids is 1. The highest BCUT2D eigenvalue weighted by Gasteiger charge is 2.21. The molecule has 0 bridgehead atoms. The Balaban J connectivity index is 2.81. The summed E-state index contributed by atoms with van der Waals surface area (Å²) in [6, 6.07) is 0.589. The standard InChI is InChI=1S/C12H14BrClN2O3/c1-2-3-4-9(12(18)19)16-11(17)8-5-7(13)6-15-10(8)14/h5-6,9H,2-4H2,1H3,(H,16,17)(H,18,19)/t9-/m0/s1. The normalized spacial score (nSPS) is 11.9. The van der Waals surface area contributed by atoms with E-state index < -0.39 is 17.9 Å². The molecule has 1 aromatic rings. The van der Waals surface area contributed by atoms with Gasteiger partial charge < -0.3 is 10.4 Å². The van der Waals surface area contributed by atoms with Gasteiger partial charge in [0.1, 0.15) is 11.2 Å². The number of hydrogen-bond donors (Lipinski definition) is 2. The number of unbranched alkanes of at least 4 members (excludes halogenated alkanes) is 1. The van der Waals surface area contributed by atoms with Crippen LogP contribution in [0.25, 0.3) is 0 Å². The number of carboxylic acid groups (broad SMARTS) is 1. The van der Waals surface area contributed by atoms with Crippen LogP contribution in [0.3, 0.4) is 0 Å². The quantitative estimate of drug-likeness (QED) is 0.774. The maximum atomic E-state index is 12.0. The predicted molar refractivity (Wildman–Crippen MR) is 75.4 cm³/mol. The third-order valence-corrected chi connectivity index (χ3v) is 3.23. The summed E-state index contributed by atoms with van der Waals surface area (Å²) in [6.07, 6.45) is 3.43. The predicted octanol–water partition coefficient (Wildman–Crippen LogP) is 2.87. The number of nitrogens with one attached hydrogen (secondary N) is 1. The molecule has 0 radical (unpaired) electrons. The summed E-state index contributed by atoms with van der Waals surface area (Å²) in [4.78, 5) is 26.9. The van der Waals surface area contributed by atoms with Crippen LogP contribution < -0.4 is 5.32 Å². The third-order valence-electron chi connectivity index (χ3n) is 2.50. The number of rotatable bonds is 6. The lowest BCUT2D eigenvalue weighted by atomic mass is 10.1. The molecule has 0 aliphatic rings. The molecule has 2 N–H and O–H groups in total. The molecule has 0 fully saturated rings. The van der Waals surface area contributed by atoms with Crippen molar-refractivity contribution in [2.75, 3.05) is 0 Å². The van der Waals surface area contributed by atoms with Crippen LogP contribution in [-0.2, 0) is 4.79 Å². The van der Waals surface area contributed by atoms with Gasteiger partial charge in [0.2, 0.25) is 0 Å².